The summed E-state index contributed by atoms with van der Waals surface area (Å²) in [5, 5.41) is 17.6. The maximum atomic E-state index is 14.1. The van der Waals surface area contributed by atoms with E-state index in [1.807, 2.05) is 19.1 Å². The maximum absolute atomic E-state index is 14.1. The fraction of sp³-hybridized carbons (Fsp3) is 0.222. The van der Waals surface area contributed by atoms with Gasteiger partial charge in [-0.15, -0.1) is 0 Å². The molecule has 3 heterocycles. The molecule has 5 rings (SSSR count). The Bertz CT molecular complexity index is 1680. The van der Waals surface area contributed by atoms with Crippen LogP contribution in [0.25, 0.3) is 27.7 Å². The molecule has 10 heteroatoms. The van der Waals surface area contributed by atoms with Crippen molar-refractivity contribution < 1.29 is 18.6 Å². The third-order valence-corrected chi connectivity index (χ3v) is 6.41. The highest BCUT2D eigenvalue weighted by Crippen LogP contribution is 2.37. The molecule has 0 unspecified atom stereocenters. The smallest absolute Gasteiger partial charge is 0.295 e. The van der Waals surface area contributed by atoms with Gasteiger partial charge in [-0.25, -0.2) is 9.50 Å². The van der Waals surface area contributed by atoms with E-state index in [2.05, 4.69) is 10.4 Å². The highest BCUT2D eigenvalue weighted by molar-refractivity contribution is 5.96. The average molecular weight is 506 g/mol. The van der Waals surface area contributed by atoms with Gasteiger partial charge in [-0.3, -0.25) is 4.79 Å². The largest absolute Gasteiger partial charge is 0.496 e. The molecule has 0 aliphatic carbocycles. The van der Waals surface area contributed by atoms with Crippen molar-refractivity contribution in [3.8, 4) is 16.9 Å². The number of benzene rings is 2. The Morgan fingerprint density at radius 2 is 1.97 bits per heavy atom. The van der Waals surface area contributed by atoms with E-state index in [-0.39, 0.29) is 11.1 Å². The van der Waals surface area contributed by atoms with Gasteiger partial charge in [-0.2, -0.15) is 13.9 Å². The first-order chi connectivity index (χ1) is 17.7. The number of aliphatic hydroxyl groups excluding tert-OH is 1. The number of fused-ring (bicyclic) bond motifs is 3. The maximum Gasteiger partial charge on any atom is 0.295 e. The summed E-state index contributed by atoms with van der Waals surface area (Å²) in [5.74, 6) is -2.21. The second-order valence-corrected chi connectivity index (χ2v) is 8.85. The second-order valence-electron chi connectivity index (χ2n) is 8.85. The minimum atomic E-state index is -3.33. The van der Waals surface area contributed by atoms with E-state index in [9.17, 15) is 13.6 Å². The lowest BCUT2D eigenvalue weighted by Crippen LogP contribution is -2.19. The number of rotatable bonds is 7. The number of aryl methyl sites for hydroxylation is 1. The summed E-state index contributed by atoms with van der Waals surface area (Å²) in [6.07, 6.45) is 3.37. The average Bonchev–Trinajstić information content (AvgIpc) is 3.38. The van der Waals surface area contributed by atoms with E-state index in [1.165, 1.54) is 22.8 Å². The van der Waals surface area contributed by atoms with Crippen molar-refractivity contribution in [3.05, 3.63) is 88.5 Å². The van der Waals surface area contributed by atoms with Crippen molar-refractivity contribution in [3.63, 3.8) is 0 Å². The molecular weight excluding hydrogens is 480 g/mol. The van der Waals surface area contributed by atoms with Gasteiger partial charge in [-0.05, 0) is 30.7 Å². The molecule has 0 aliphatic rings. The van der Waals surface area contributed by atoms with Crippen molar-refractivity contribution in [2.45, 2.75) is 18.9 Å². The van der Waals surface area contributed by atoms with Gasteiger partial charge in [0, 0.05) is 59.6 Å². The molecule has 0 amide bonds. The first-order valence-electron chi connectivity index (χ1n) is 11.6. The van der Waals surface area contributed by atoms with Gasteiger partial charge in [-0.1, -0.05) is 18.2 Å². The van der Waals surface area contributed by atoms with Crippen molar-refractivity contribution in [1.29, 1.82) is 0 Å². The molecule has 0 fully saturated rings. The van der Waals surface area contributed by atoms with Crippen LogP contribution in [0.15, 0.2) is 71.8 Å². The van der Waals surface area contributed by atoms with E-state index >= 15 is 0 Å². The van der Waals surface area contributed by atoms with Crippen LogP contribution in [0.3, 0.4) is 0 Å². The molecule has 5 aromatic rings. The minimum absolute atomic E-state index is 0.131. The van der Waals surface area contributed by atoms with E-state index in [0.29, 0.717) is 22.8 Å². The number of nitrogens with one attached hydrogen (secondary N) is 1. The lowest BCUT2D eigenvalue weighted by Gasteiger charge is -2.20. The van der Waals surface area contributed by atoms with Gasteiger partial charge >= 0.3 is 0 Å². The van der Waals surface area contributed by atoms with E-state index in [4.69, 9.17) is 14.8 Å². The number of hydrogen-bond acceptors (Lipinski definition) is 6. The molecule has 2 N–H and O–H groups in total. The highest BCUT2D eigenvalue weighted by Gasteiger charge is 2.31. The molecule has 37 heavy (non-hydrogen) atoms. The number of halogens is 2. The SMILES string of the molecule is COc1cc2c(cc1-c1ccc(=O)n(C)c1)c(N[C@H](C)c1cccc(C(F)(F)CO)c1)nc1ccnn12. The molecule has 0 radical (unpaired) electrons. The minimum Gasteiger partial charge on any atom is -0.496 e. The molecule has 1 atom stereocenters. The summed E-state index contributed by atoms with van der Waals surface area (Å²) in [6.45, 7) is 0.583. The summed E-state index contributed by atoms with van der Waals surface area (Å²) >= 11 is 0. The van der Waals surface area contributed by atoms with Crippen LogP contribution in [0, 0.1) is 0 Å². The summed E-state index contributed by atoms with van der Waals surface area (Å²) in [6, 6.07) is 14.3. The van der Waals surface area contributed by atoms with Crippen molar-refractivity contribution in [2.24, 2.45) is 7.05 Å². The molecule has 2 aromatic carbocycles. The Morgan fingerprint density at radius 1 is 1.16 bits per heavy atom. The summed E-state index contributed by atoms with van der Waals surface area (Å²) in [5.41, 5.74) is 3.08. The van der Waals surface area contributed by atoms with Crippen molar-refractivity contribution in [1.82, 2.24) is 19.2 Å². The molecule has 0 saturated carbocycles. The number of methoxy groups -OCH3 is 1. The van der Waals surface area contributed by atoms with Crippen LogP contribution >= 0.6 is 0 Å². The number of pyridine rings is 1. The number of anilines is 1. The quantitative estimate of drug-likeness (QED) is 0.338. The lowest BCUT2D eigenvalue weighted by atomic mass is 10.0. The molecule has 0 aliphatic heterocycles. The van der Waals surface area contributed by atoms with Crippen LogP contribution in [0.4, 0.5) is 14.6 Å². The Labute approximate surface area is 210 Å². The van der Waals surface area contributed by atoms with E-state index in [1.54, 1.807) is 55.3 Å². The Balaban J connectivity index is 1.65. The zero-order valence-corrected chi connectivity index (χ0v) is 20.4. The van der Waals surface area contributed by atoms with Crippen LogP contribution in [0.5, 0.6) is 5.75 Å². The van der Waals surface area contributed by atoms with Gasteiger partial charge in [0.05, 0.1) is 18.8 Å². The zero-order chi connectivity index (χ0) is 26.3. The number of aromatic nitrogens is 4. The Hall–Kier alpha value is -4.31. The van der Waals surface area contributed by atoms with E-state index < -0.39 is 18.6 Å². The predicted molar refractivity (Wildman–Crippen MR) is 137 cm³/mol. The van der Waals surface area contributed by atoms with Crippen LogP contribution in [0.2, 0.25) is 0 Å². The Morgan fingerprint density at radius 3 is 2.70 bits per heavy atom. The molecular formula is C27H25F2N5O3. The van der Waals surface area contributed by atoms with Crippen molar-refractivity contribution in [2.75, 3.05) is 19.0 Å². The topological polar surface area (TPSA) is 93.7 Å². The van der Waals surface area contributed by atoms with Crippen LogP contribution in [0.1, 0.15) is 24.1 Å². The standard InChI is InChI=1S/C27H25F2N5O3/c1-16(17-5-4-6-19(11-17)27(28,29)15-35)31-26-21-12-20(18-7-8-25(36)33(2)14-18)23(37-3)13-22(21)34-24(32-26)9-10-30-34/h4-14,16,35H,15H2,1-3H3,(H,31,32)/t16-/m1/s1. The molecule has 0 saturated heterocycles. The molecule has 190 valence electrons. The third kappa shape index (κ3) is 4.40. The number of hydrogen-bond donors (Lipinski definition) is 2. The number of aliphatic hydroxyl groups is 1. The third-order valence-electron chi connectivity index (χ3n) is 6.41. The first-order valence-corrected chi connectivity index (χ1v) is 11.6. The summed E-state index contributed by atoms with van der Waals surface area (Å²) in [4.78, 5) is 16.7. The van der Waals surface area contributed by atoms with E-state index in [0.717, 1.165) is 22.0 Å². The fourth-order valence-electron chi connectivity index (χ4n) is 4.35. The number of nitrogens with zero attached hydrogens (tertiary/aromatic N) is 4. The highest BCUT2D eigenvalue weighted by atomic mass is 19.3. The molecule has 3 aromatic heterocycles. The monoisotopic (exact) mass is 505 g/mol. The predicted octanol–water partition coefficient (Wildman–Crippen LogP) is 4.51. The van der Waals surface area contributed by atoms with Crippen molar-refractivity contribution >= 4 is 22.4 Å². The van der Waals surface area contributed by atoms with Gasteiger partial charge < -0.3 is 19.7 Å². The zero-order valence-electron chi connectivity index (χ0n) is 20.4. The van der Waals surface area contributed by atoms with Gasteiger partial charge in [0.15, 0.2) is 5.65 Å². The van der Waals surface area contributed by atoms with Crippen LogP contribution in [-0.4, -0.2) is 38.0 Å². The van der Waals surface area contributed by atoms with Gasteiger partial charge in [0.25, 0.3) is 5.92 Å². The van der Waals surface area contributed by atoms with Crippen LogP contribution in [-0.2, 0) is 13.0 Å². The fourth-order valence-corrected chi connectivity index (χ4v) is 4.35. The number of ether oxygens (including phenoxy) is 1. The lowest BCUT2D eigenvalue weighted by molar-refractivity contribution is -0.0556. The van der Waals surface area contributed by atoms with Gasteiger partial charge in [0.1, 0.15) is 18.2 Å². The molecule has 0 spiro atoms. The summed E-state index contributed by atoms with van der Waals surface area (Å²) < 4.78 is 37.1. The summed E-state index contributed by atoms with van der Waals surface area (Å²) in [7, 11) is 3.25. The van der Waals surface area contributed by atoms with Gasteiger partial charge in [0.2, 0.25) is 5.56 Å². The van der Waals surface area contributed by atoms with Crippen LogP contribution < -0.4 is 15.6 Å². The first kappa shape index (κ1) is 24.4. The molecule has 8 nitrogen and oxygen atoms in total. The number of alkyl halides is 2. The Kier molecular flexibility index (Phi) is 6.12. The molecule has 0 bridgehead atoms. The second kappa shape index (κ2) is 9.29. The normalized spacial score (nSPS) is 12.7.